The zero-order valence-electron chi connectivity index (χ0n) is 9.72. The van der Waals surface area contributed by atoms with Gasteiger partial charge in [-0.2, -0.15) is 10.4 Å². The number of hydrogen-bond donors (Lipinski definition) is 0. The summed E-state index contributed by atoms with van der Waals surface area (Å²) in [6.45, 7) is 2.02. The number of nitriles is 1. The Labute approximate surface area is 100 Å². The summed E-state index contributed by atoms with van der Waals surface area (Å²) >= 11 is 0. The summed E-state index contributed by atoms with van der Waals surface area (Å²) in [6, 6.07) is 10.1. The van der Waals surface area contributed by atoms with Crippen molar-refractivity contribution in [3.63, 3.8) is 0 Å². The van der Waals surface area contributed by atoms with Gasteiger partial charge < -0.3 is 0 Å². The molecule has 0 atom stereocenters. The average Bonchev–Trinajstić information content (AvgIpc) is 3.07. The third kappa shape index (κ3) is 1.83. The lowest BCUT2D eigenvalue weighted by Gasteiger charge is -2.05. The maximum Gasteiger partial charge on any atom is 0.101 e. The standard InChI is InChI=1S/C14H13N3/c1-10-2-3-12(9-15)14(8-10)17-7-6-13(16-17)11-4-5-11/h2-3,6-8,11H,4-5H2,1H3. The summed E-state index contributed by atoms with van der Waals surface area (Å²) in [5.74, 6) is 0.645. The lowest BCUT2D eigenvalue weighted by molar-refractivity contribution is 0.834. The van der Waals surface area contributed by atoms with Crippen molar-refractivity contribution in [1.82, 2.24) is 9.78 Å². The van der Waals surface area contributed by atoms with Crippen LogP contribution in [0.2, 0.25) is 0 Å². The minimum atomic E-state index is 0.645. The topological polar surface area (TPSA) is 41.6 Å². The number of benzene rings is 1. The van der Waals surface area contributed by atoms with Gasteiger partial charge in [-0.3, -0.25) is 0 Å². The molecule has 3 nitrogen and oxygen atoms in total. The minimum Gasteiger partial charge on any atom is -0.239 e. The van der Waals surface area contributed by atoms with Crippen LogP contribution in [0.3, 0.4) is 0 Å². The fourth-order valence-electron chi connectivity index (χ4n) is 1.99. The van der Waals surface area contributed by atoms with Crippen LogP contribution >= 0.6 is 0 Å². The van der Waals surface area contributed by atoms with Gasteiger partial charge in [0.1, 0.15) is 6.07 Å². The molecular weight excluding hydrogens is 210 g/mol. The van der Waals surface area contributed by atoms with Gasteiger partial charge in [0.25, 0.3) is 0 Å². The zero-order valence-corrected chi connectivity index (χ0v) is 9.72. The van der Waals surface area contributed by atoms with E-state index in [1.54, 1.807) is 0 Å². The second kappa shape index (κ2) is 3.74. The van der Waals surface area contributed by atoms with E-state index in [4.69, 9.17) is 5.26 Å². The fourth-order valence-corrected chi connectivity index (χ4v) is 1.99. The van der Waals surface area contributed by atoms with E-state index in [1.807, 2.05) is 36.0 Å². The van der Waals surface area contributed by atoms with Gasteiger partial charge in [-0.15, -0.1) is 0 Å². The van der Waals surface area contributed by atoms with Crippen LogP contribution in [0.1, 0.15) is 35.6 Å². The van der Waals surface area contributed by atoms with Crippen molar-refractivity contribution in [3.05, 3.63) is 47.3 Å². The van der Waals surface area contributed by atoms with Gasteiger partial charge in [0, 0.05) is 12.1 Å². The smallest absolute Gasteiger partial charge is 0.101 e. The highest BCUT2D eigenvalue weighted by Gasteiger charge is 2.26. The van der Waals surface area contributed by atoms with E-state index in [0.29, 0.717) is 11.5 Å². The average molecular weight is 223 g/mol. The summed E-state index contributed by atoms with van der Waals surface area (Å²) in [5, 5.41) is 13.7. The van der Waals surface area contributed by atoms with Crippen molar-refractivity contribution >= 4 is 0 Å². The van der Waals surface area contributed by atoms with E-state index in [-0.39, 0.29) is 0 Å². The summed E-state index contributed by atoms with van der Waals surface area (Å²) < 4.78 is 1.82. The maximum atomic E-state index is 9.11. The molecule has 2 aromatic rings. The number of nitrogens with zero attached hydrogens (tertiary/aromatic N) is 3. The van der Waals surface area contributed by atoms with Crippen LogP contribution < -0.4 is 0 Å². The van der Waals surface area contributed by atoms with Gasteiger partial charge in [-0.05, 0) is 43.5 Å². The highest BCUT2D eigenvalue weighted by atomic mass is 15.3. The monoisotopic (exact) mass is 223 g/mol. The Balaban J connectivity index is 2.07. The molecule has 1 heterocycles. The minimum absolute atomic E-state index is 0.645. The van der Waals surface area contributed by atoms with Gasteiger partial charge in [-0.25, -0.2) is 4.68 Å². The number of aryl methyl sites for hydroxylation is 1. The molecule has 1 aromatic heterocycles. The second-order valence-corrected chi connectivity index (χ2v) is 4.59. The van der Waals surface area contributed by atoms with E-state index in [0.717, 1.165) is 16.9 Å². The first-order valence-electron chi connectivity index (χ1n) is 5.84. The third-order valence-corrected chi connectivity index (χ3v) is 3.13. The molecular formula is C14H13N3. The zero-order chi connectivity index (χ0) is 11.8. The molecule has 17 heavy (non-hydrogen) atoms. The van der Waals surface area contributed by atoms with Crippen molar-refractivity contribution in [2.75, 3.05) is 0 Å². The summed E-state index contributed by atoms with van der Waals surface area (Å²) in [7, 11) is 0. The molecule has 0 amide bonds. The van der Waals surface area contributed by atoms with Crippen LogP contribution in [-0.2, 0) is 0 Å². The molecule has 1 saturated carbocycles. The second-order valence-electron chi connectivity index (χ2n) is 4.59. The van der Waals surface area contributed by atoms with Crippen LogP contribution in [-0.4, -0.2) is 9.78 Å². The Kier molecular flexibility index (Phi) is 2.22. The molecule has 0 spiro atoms. The van der Waals surface area contributed by atoms with E-state index in [1.165, 1.54) is 12.8 Å². The maximum absolute atomic E-state index is 9.11. The summed E-state index contributed by atoms with van der Waals surface area (Å²) in [5.41, 5.74) is 3.83. The first kappa shape index (κ1) is 10.1. The van der Waals surface area contributed by atoms with Crippen molar-refractivity contribution in [2.45, 2.75) is 25.7 Å². The van der Waals surface area contributed by atoms with Crippen molar-refractivity contribution in [2.24, 2.45) is 0 Å². The molecule has 1 fully saturated rings. The Hall–Kier alpha value is -2.08. The largest absolute Gasteiger partial charge is 0.239 e. The van der Waals surface area contributed by atoms with E-state index in [9.17, 15) is 0 Å². The van der Waals surface area contributed by atoms with Gasteiger partial charge >= 0.3 is 0 Å². The number of hydrogen-bond acceptors (Lipinski definition) is 2. The highest BCUT2D eigenvalue weighted by molar-refractivity contribution is 5.50. The third-order valence-electron chi connectivity index (χ3n) is 3.13. The van der Waals surface area contributed by atoms with E-state index >= 15 is 0 Å². The molecule has 1 aliphatic rings. The Bertz CT molecular complexity index is 600. The number of aromatic nitrogens is 2. The lowest BCUT2D eigenvalue weighted by atomic mass is 10.1. The number of rotatable bonds is 2. The fraction of sp³-hybridized carbons (Fsp3) is 0.286. The molecule has 0 bridgehead atoms. The molecule has 0 saturated heterocycles. The Morgan fingerprint density at radius 1 is 1.35 bits per heavy atom. The van der Waals surface area contributed by atoms with E-state index < -0.39 is 0 Å². The highest BCUT2D eigenvalue weighted by Crippen LogP contribution is 2.39. The quantitative estimate of drug-likeness (QED) is 0.785. The molecule has 84 valence electrons. The summed E-state index contributed by atoms with van der Waals surface area (Å²) in [6.07, 6.45) is 4.44. The molecule has 3 heteroatoms. The summed E-state index contributed by atoms with van der Waals surface area (Å²) in [4.78, 5) is 0. The first-order chi connectivity index (χ1) is 8.28. The van der Waals surface area contributed by atoms with Crippen molar-refractivity contribution < 1.29 is 0 Å². The lowest BCUT2D eigenvalue weighted by Crippen LogP contribution is -1.99. The van der Waals surface area contributed by atoms with Crippen LogP contribution in [0.25, 0.3) is 5.69 Å². The molecule has 1 aliphatic carbocycles. The van der Waals surface area contributed by atoms with Crippen LogP contribution in [0.5, 0.6) is 0 Å². The Morgan fingerprint density at radius 3 is 2.88 bits per heavy atom. The van der Waals surface area contributed by atoms with Crippen LogP contribution in [0, 0.1) is 18.3 Å². The van der Waals surface area contributed by atoms with Crippen LogP contribution in [0.4, 0.5) is 0 Å². The molecule has 3 rings (SSSR count). The molecule has 0 unspecified atom stereocenters. The molecule has 0 N–H and O–H groups in total. The van der Waals surface area contributed by atoms with Gasteiger partial charge in [-0.1, -0.05) is 6.07 Å². The van der Waals surface area contributed by atoms with Gasteiger partial charge in [0.15, 0.2) is 0 Å². The molecule has 0 aliphatic heterocycles. The van der Waals surface area contributed by atoms with Gasteiger partial charge in [0.2, 0.25) is 0 Å². The molecule has 0 radical (unpaired) electrons. The van der Waals surface area contributed by atoms with Gasteiger partial charge in [0.05, 0.1) is 16.9 Å². The van der Waals surface area contributed by atoms with E-state index in [2.05, 4.69) is 17.2 Å². The Morgan fingerprint density at radius 2 is 2.18 bits per heavy atom. The predicted molar refractivity (Wildman–Crippen MR) is 65.0 cm³/mol. The SMILES string of the molecule is Cc1ccc(C#N)c(-n2ccc(C3CC3)n2)c1. The predicted octanol–water partition coefficient (Wildman–Crippen LogP) is 2.93. The molecule has 1 aromatic carbocycles. The van der Waals surface area contributed by atoms with Crippen molar-refractivity contribution in [1.29, 1.82) is 5.26 Å². The normalized spacial score (nSPS) is 14.6. The first-order valence-corrected chi connectivity index (χ1v) is 5.84. The van der Waals surface area contributed by atoms with Crippen LogP contribution in [0.15, 0.2) is 30.5 Å². The van der Waals surface area contributed by atoms with Crippen molar-refractivity contribution in [3.8, 4) is 11.8 Å².